The van der Waals surface area contributed by atoms with E-state index in [1.807, 2.05) is 12.1 Å². The van der Waals surface area contributed by atoms with Gasteiger partial charge in [0, 0.05) is 18.1 Å². The Morgan fingerprint density at radius 3 is 2.45 bits per heavy atom. The van der Waals surface area contributed by atoms with E-state index in [-0.39, 0.29) is 12.7 Å². The second kappa shape index (κ2) is 13.4. The lowest BCUT2D eigenvalue weighted by Gasteiger charge is -2.29. The van der Waals surface area contributed by atoms with Gasteiger partial charge in [0.1, 0.15) is 11.9 Å². The van der Waals surface area contributed by atoms with Crippen LogP contribution in [0.25, 0.3) is 0 Å². The molecular weight excluding hydrogens is 445 g/mol. The van der Waals surface area contributed by atoms with Gasteiger partial charge in [-0.05, 0) is 74.2 Å². The van der Waals surface area contributed by atoms with Crippen molar-refractivity contribution in [3.63, 3.8) is 0 Å². The van der Waals surface area contributed by atoms with Crippen LogP contribution in [0.3, 0.4) is 0 Å². The first kappa shape index (κ1) is 25.3. The summed E-state index contributed by atoms with van der Waals surface area (Å²) < 4.78 is 17.8. The molecule has 1 fully saturated rings. The van der Waals surface area contributed by atoms with Gasteiger partial charge in [-0.1, -0.05) is 35.9 Å². The van der Waals surface area contributed by atoms with Crippen molar-refractivity contribution in [2.24, 2.45) is 0 Å². The van der Waals surface area contributed by atoms with E-state index in [4.69, 9.17) is 16.3 Å². The van der Waals surface area contributed by atoms with Gasteiger partial charge in [0.05, 0.1) is 19.3 Å². The number of carbonyl (C=O) groups excluding carboxylic acids is 1. The highest BCUT2D eigenvalue weighted by Gasteiger charge is 2.26. The predicted molar refractivity (Wildman–Crippen MR) is 128 cm³/mol. The van der Waals surface area contributed by atoms with Crippen LogP contribution in [0.4, 0.5) is 9.18 Å². The van der Waals surface area contributed by atoms with Crippen LogP contribution in [0.1, 0.15) is 42.9 Å². The first-order valence-electron chi connectivity index (χ1n) is 11.5. The van der Waals surface area contributed by atoms with Crippen molar-refractivity contribution >= 4 is 17.6 Å². The van der Waals surface area contributed by atoms with Crippen LogP contribution in [0, 0.1) is 0 Å². The summed E-state index contributed by atoms with van der Waals surface area (Å²) in [7, 11) is 0. The fraction of sp³-hybridized carbons (Fsp3) is 0.480. The quantitative estimate of drug-likeness (QED) is 0.394. The van der Waals surface area contributed by atoms with E-state index >= 15 is 0 Å². The van der Waals surface area contributed by atoms with Crippen LogP contribution in [0.15, 0.2) is 48.5 Å². The molecule has 2 amide bonds. The molecule has 2 atom stereocenters. The monoisotopic (exact) mass is 477 g/mol. The molecule has 0 radical (unpaired) electrons. The maximum absolute atomic E-state index is 12.6. The van der Waals surface area contributed by atoms with Crippen LogP contribution in [0.2, 0.25) is 5.02 Å². The number of amides is 2. The Hall–Kier alpha value is -2.35. The number of aliphatic hydroxyl groups is 1. The van der Waals surface area contributed by atoms with Crippen molar-refractivity contribution < 1.29 is 19.0 Å². The summed E-state index contributed by atoms with van der Waals surface area (Å²) in [6.07, 6.45) is 2.53. The normalized spacial score (nSPS) is 15.7. The third-order valence-electron chi connectivity index (χ3n) is 5.74. The van der Waals surface area contributed by atoms with Crippen molar-refractivity contribution in [1.29, 1.82) is 0 Å². The van der Waals surface area contributed by atoms with E-state index in [9.17, 15) is 14.3 Å². The fourth-order valence-electron chi connectivity index (χ4n) is 3.85. The maximum Gasteiger partial charge on any atom is 0.315 e. The van der Waals surface area contributed by atoms with Crippen molar-refractivity contribution in [3.8, 4) is 5.75 Å². The molecule has 0 spiro atoms. The number of hydrogen-bond donors (Lipinski definition) is 3. The molecule has 0 unspecified atom stereocenters. The lowest BCUT2D eigenvalue weighted by atomic mass is 10.0. The molecule has 1 saturated heterocycles. The lowest BCUT2D eigenvalue weighted by molar-refractivity contribution is 0.109. The molecule has 6 nitrogen and oxygen atoms in total. The van der Waals surface area contributed by atoms with Crippen molar-refractivity contribution in [2.75, 3.05) is 32.9 Å². The number of hydrogen-bond acceptors (Lipinski definition) is 4. The molecule has 0 aliphatic carbocycles. The fourth-order valence-corrected chi connectivity index (χ4v) is 3.98. The van der Waals surface area contributed by atoms with Gasteiger partial charge >= 0.3 is 6.03 Å². The molecule has 3 N–H and O–H groups in total. The summed E-state index contributed by atoms with van der Waals surface area (Å²) in [6.45, 7) is 2.97. The number of nitrogens with one attached hydrogen (secondary N) is 2. The number of benzene rings is 2. The standard InChI is InChI=1S/C25H33ClFN3O3/c26-21-9-5-19(6-10-21)17-28-25(32)29-23(18-30-14-2-3-15-30)24(31)20-7-11-22(12-8-20)33-16-4-1-13-27/h5-12,23-24,31H,1-4,13-18H2,(H2,28,29,32)/t23-,24-/m1/s1. The number of ether oxygens (including phenoxy) is 1. The van der Waals surface area contributed by atoms with Crippen LogP contribution >= 0.6 is 11.6 Å². The average molecular weight is 478 g/mol. The molecule has 33 heavy (non-hydrogen) atoms. The molecule has 2 aromatic carbocycles. The highest BCUT2D eigenvalue weighted by atomic mass is 35.5. The smallest absolute Gasteiger partial charge is 0.315 e. The Balaban J connectivity index is 1.58. The SMILES string of the molecule is O=C(NCc1ccc(Cl)cc1)N[C@H](CN1CCCC1)[C@H](O)c1ccc(OCCCCF)cc1. The Morgan fingerprint density at radius 2 is 1.79 bits per heavy atom. The number of alkyl halides is 1. The van der Waals surface area contributed by atoms with E-state index in [1.165, 1.54) is 0 Å². The third kappa shape index (κ3) is 8.50. The van der Waals surface area contributed by atoms with Crippen LogP contribution in [-0.4, -0.2) is 55.0 Å². The molecule has 8 heteroatoms. The number of carbonyl (C=O) groups is 1. The molecular formula is C25H33ClFN3O3. The lowest BCUT2D eigenvalue weighted by Crippen LogP contribution is -2.49. The van der Waals surface area contributed by atoms with E-state index in [1.54, 1.807) is 36.4 Å². The molecule has 1 aliphatic heterocycles. The van der Waals surface area contributed by atoms with Gasteiger partial charge < -0.3 is 25.4 Å². The minimum atomic E-state index is -0.868. The number of urea groups is 1. The maximum atomic E-state index is 12.6. The molecule has 0 aromatic heterocycles. The topological polar surface area (TPSA) is 73.8 Å². The van der Waals surface area contributed by atoms with Crippen molar-refractivity contribution in [3.05, 3.63) is 64.7 Å². The highest BCUT2D eigenvalue weighted by molar-refractivity contribution is 6.30. The molecule has 1 aliphatic rings. The first-order chi connectivity index (χ1) is 16.0. The van der Waals surface area contributed by atoms with E-state index in [2.05, 4.69) is 15.5 Å². The first-order valence-corrected chi connectivity index (χ1v) is 11.9. The van der Waals surface area contributed by atoms with Gasteiger partial charge in [0.2, 0.25) is 0 Å². The van der Waals surface area contributed by atoms with Gasteiger partial charge in [0.15, 0.2) is 0 Å². The largest absolute Gasteiger partial charge is 0.494 e. The van der Waals surface area contributed by atoms with Gasteiger partial charge in [-0.2, -0.15) is 0 Å². The summed E-state index contributed by atoms with van der Waals surface area (Å²) in [5.41, 5.74) is 1.64. The molecule has 2 aromatic rings. The zero-order valence-corrected chi connectivity index (χ0v) is 19.6. The highest BCUT2D eigenvalue weighted by Crippen LogP contribution is 2.22. The zero-order valence-electron chi connectivity index (χ0n) is 18.8. The Bertz CT molecular complexity index is 845. The Kier molecular flexibility index (Phi) is 10.2. The van der Waals surface area contributed by atoms with Gasteiger partial charge in [0.25, 0.3) is 0 Å². The Labute approximate surface area is 200 Å². The number of likely N-dealkylation sites (tertiary alicyclic amines) is 1. The molecule has 1 heterocycles. The number of rotatable bonds is 12. The average Bonchev–Trinajstić information content (AvgIpc) is 3.34. The molecule has 3 rings (SSSR count). The molecule has 0 bridgehead atoms. The Morgan fingerprint density at radius 1 is 1.09 bits per heavy atom. The van der Waals surface area contributed by atoms with Crippen LogP contribution < -0.4 is 15.4 Å². The van der Waals surface area contributed by atoms with E-state index in [0.29, 0.717) is 48.9 Å². The number of aliphatic hydroxyl groups excluding tert-OH is 1. The third-order valence-corrected chi connectivity index (χ3v) is 5.99. The number of unbranched alkanes of at least 4 members (excludes halogenated alkanes) is 1. The second-order valence-corrected chi connectivity index (χ2v) is 8.76. The summed E-state index contributed by atoms with van der Waals surface area (Å²) in [5.74, 6) is 0.676. The summed E-state index contributed by atoms with van der Waals surface area (Å²) in [5, 5.41) is 17.5. The summed E-state index contributed by atoms with van der Waals surface area (Å²) >= 11 is 5.91. The molecule has 0 saturated carbocycles. The summed E-state index contributed by atoms with van der Waals surface area (Å²) in [6, 6.07) is 13.7. The summed E-state index contributed by atoms with van der Waals surface area (Å²) in [4.78, 5) is 14.9. The van der Waals surface area contributed by atoms with Crippen LogP contribution in [-0.2, 0) is 6.54 Å². The van der Waals surface area contributed by atoms with Crippen LogP contribution in [0.5, 0.6) is 5.75 Å². The van der Waals surface area contributed by atoms with Gasteiger partial charge in [-0.3, -0.25) is 4.39 Å². The minimum Gasteiger partial charge on any atom is -0.494 e. The van der Waals surface area contributed by atoms with E-state index in [0.717, 1.165) is 31.5 Å². The molecule has 180 valence electrons. The zero-order chi connectivity index (χ0) is 23.5. The van der Waals surface area contributed by atoms with Crippen molar-refractivity contribution in [2.45, 2.75) is 44.4 Å². The number of nitrogens with zero attached hydrogens (tertiary/aromatic N) is 1. The van der Waals surface area contributed by atoms with E-state index < -0.39 is 12.1 Å². The minimum absolute atomic E-state index is 0.332. The van der Waals surface area contributed by atoms with Gasteiger partial charge in [-0.25, -0.2) is 4.79 Å². The van der Waals surface area contributed by atoms with Gasteiger partial charge in [-0.15, -0.1) is 0 Å². The van der Waals surface area contributed by atoms with Crippen molar-refractivity contribution in [1.82, 2.24) is 15.5 Å². The number of halogens is 2. The second-order valence-electron chi connectivity index (χ2n) is 8.33. The predicted octanol–water partition coefficient (Wildman–Crippen LogP) is 4.47.